The topological polar surface area (TPSA) is 66.4 Å². The average Bonchev–Trinajstić information content (AvgIpc) is 3.09. The monoisotopic (exact) mass is 261 g/mol. The van der Waals surface area contributed by atoms with Gasteiger partial charge in [0.05, 0.1) is 6.42 Å². The molecule has 0 aromatic heterocycles. The zero-order valence-electron chi connectivity index (χ0n) is 11.3. The maximum atomic E-state index is 12.2. The van der Waals surface area contributed by atoms with Gasteiger partial charge in [-0.1, -0.05) is 17.2 Å². The van der Waals surface area contributed by atoms with E-state index in [9.17, 15) is 9.59 Å². The van der Waals surface area contributed by atoms with Gasteiger partial charge in [0.1, 0.15) is 0 Å². The van der Waals surface area contributed by atoms with Crippen molar-refractivity contribution in [2.24, 2.45) is 5.92 Å². The van der Waals surface area contributed by atoms with E-state index < -0.39 is 5.97 Å². The molecule has 1 aliphatic rings. The van der Waals surface area contributed by atoms with Gasteiger partial charge in [0.15, 0.2) is 0 Å². The second-order valence-corrected chi connectivity index (χ2v) is 5.39. The fourth-order valence-electron chi connectivity index (χ4n) is 2.38. The lowest BCUT2D eigenvalue weighted by atomic mass is 10.0. The van der Waals surface area contributed by atoms with Crippen LogP contribution in [0.2, 0.25) is 0 Å². The third-order valence-corrected chi connectivity index (χ3v) is 3.39. The molecule has 1 aromatic rings. The minimum atomic E-state index is -0.863. The van der Waals surface area contributed by atoms with Crippen LogP contribution in [0.15, 0.2) is 18.2 Å². The van der Waals surface area contributed by atoms with Crippen LogP contribution in [0.3, 0.4) is 0 Å². The van der Waals surface area contributed by atoms with Gasteiger partial charge in [0, 0.05) is 11.6 Å². The molecule has 102 valence electrons. The summed E-state index contributed by atoms with van der Waals surface area (Å²) in [5, 5.41) is 11.7. The second kappa shape index (κ2) is 5.43. The lowest BCUT2D eigenvalue weighted by Crippen LogP contribution is -2.38. The Bertz CT molecular complexity index is 486. The van der Waals surface area contributed by atoms with E-state index in [1.807, 2.05) is 32.0 Å². The summed E-state index contributed by atoms with van der Waals surface area (Å²) in [7, 11) is 0. The van der Waals surface area contributed by atoms with Gasteiger partial charge in [0.2, 0.25) is 0 Å². The van der Waals surface area contributed by atoms with E-state index in [1.165, 1.54) is 0 Å². The van der Waals surface area contributed by atoms with Crippen LogP contribution in [0.1, 0.15) is 40.7 Å². The van der Waals surface area contributed by atoms with Crippen LogP contribution in [0.5, 0.6) is 0 Å². The normalized spacial score (nSPS) is 15.9. The Morgan fingerprint density at radius 2 is 1.84 bits per heavy atom. The molecule has 1 atom stereocenters. The molecule has 1 aliphatic carbocycles. The molecule has 1 saturated carbocycles. The Morgan fingerprint density at radius 1 is 1.26 bits per heavy atom. The van der Waals surface area contributed by atoms with E-state index in [0.29, 0.717) is 11.5 Å². The Balaban J connectivity index is 2.07. The molecular formula is C15H19NO3. The molecule has 1 aromatic carbocycles. The Labute approximate surface area is 112 Å². The third kappa shape index (κ3) is 3.81. The zero-order chi connectivity index (χ0) is 14.0. The lowest BCUT2D eigenvalue weighted by Gasteiger charge is -2.16. The zero-order valence-corrected chi connectivity index (χ0v) is 11.3. The summed E-state index contributed by atoms with van der Waals surface area (Å²) < 4.78 is 0. The van der Waals surface area contributed by atoms with Gasteiger partial charge < -0.3 is 10.4 Å². The number of carboxylic acids is 1. The van der Waals surface area contributed by atoms with Crippen molar-refractivity contribution < 1.29 is 14.7 Å². The summed E-state index contributed by atoms with van der Waals surface area (Å²) in [5.41, 5.74) is 2.67. The maximum Gasteiger partial charge on any atom is 0.305 e. The predicted molar refractivity (Wildman–Crippen MR) is 72.1 cm³/mol. The lowest BCUT2D eigenvalue weighted by molar-refractivity contribution is -0.137. The summed E-state index contributed by atoms with van der Waals surface area (Å²) in [5.74, 6) is -0.714. The van der Waals surface area contributed by atoms with Crippen molar-refractivity contribution >= 4 is 11.9 Å². The average molecular weight is 261 g/mol. The molecule has 2 N–H and O–H groups in total. The minimum Gasteiger partial charge on any atom is -0.481 e. The minimum absolute atomic E-state index is 0.00119. The molecule has 0 saturated heterocycles. The first-order valence-corrected chi connectivity index (χ1v) is 6.56. The summed E-state index contributed by atoms with van der Waals surface area (Å²) >= 11 is 0. The number of nitrogens with one attached hydrogen (secondary N) is 1. The number of rotatable bonds is 5. The number of benzene rings is 1. The quantitative estimate of drug-likeness (QED) is 0.854. The van der Waals surface area contributed by atoms with E-state index in [-0.39, 0.29) is 18.4 Å². The summed E-state index contributed by atoms with van der Waals surface area (Å²) in [6.45, 7) is 3.89. The Kier molecular flexibility index (Phi) is 3.88. The van der Waals surface area contributed by atoms with E-state index in [0.717, 1.165) is 24.0 Å². The first kappa shape index (κ1) is 13.6. The fourth-order valence-corrected chi connectivity index (χ4v) is 2.38. The number of aliphatic carboxylic acids is 1. The molecule has 0 heterocycles. The highest BCUT2D eigenvalue weighted by Gasteiger charge is 2.33. The standard InChI is InChI=1S/C15H19NO3/c1-9-5-10(2)7-12(6-9)15(19)16-13(8-14(17)18)11-3-4-11/h5-7,11,13H,3-4,8H2,1-2H3,(H,16,19)(H,17,18). The first-order valence-electron chi connectivity index (χ1n) is 6.56. The Morgan fingerprint density at radius 3 is 2.32 bits per heavy atom. The van der Waals surface area contributed by atoms with Crippen molar-refractivity contribution in [3.8, 4) is 0 Å². The van der Waals surface area contributed by atoms with Crippen LogP contribution in [-0.4, -0.2) is 23.0 Å². The maximum absolute atomic E-state index is 12.2. The molecule has 4 heteroatoms. The number of carbonyl (C=O) groups excluding carboxylic acids is 1. The summed E-state index contributed by atoms with van der Waals surface area (Å²) in [4.78, 5) is 23.0. The molecule has 1 unspecified atom stereocenters. The largest absolute Gasteiger partial charge is 0.481 e. The van der Waals surface area contributed by atoms with Crippen LogP contribution in [0.4, 0.5) is 0 Å². The van der Waals surface area contributed by atoms with E-state index in [2.05, 4.69) is 5.32 Å². The van der Waals surface area contributed by atoms with Crippen molar-refractivity contribution in [3.63, 3.8) is 0 Å². The van der Waals surface area contributed by atoms with Crippen molar-refractivity contribution in [1.29, 1.82) is 0 Å². The van der Waals surface area contributed by atoms with Gasteiger partial charge in [-0.05, 0) is 44.7 Å². The molecule has 0 spiro atoms. The highest BCUT2D eigenvalue weighted by molar-refractivity contribution is 5.95. The van der Waals surface area contributed by atoms with Gasteiger partial charge in [-0.15, -0.1) is 0 Å². The summed E-state index contributed by atoms with van der Waals surface area (Å²) in [6, 6.07) is 5.41. The smallest absolute Gasteiger partial charge is 0.305 e. The van der Waals surface area contributed by atoms with Crippen molar-refractivity contribution in [1.82, 2.24) is 5.32 Å². The molecule has 0 bridgehead atoms. The summed E-state index contributed by atoms with van der Waals surface area (Å²) in [6.07, 6.45) is 2.01. The predicted octanol–water partition coefficient (Wildman–Crippen LogP) is 2.29. The third-order valence-electron chi connectivity index (χ3n) is 3.39. The van der Waals surface area contributed by atoms with Crippen LogP contribution in [-0.2, 0) is 4.79 Å². The first-order chi connectivity index (χ1) is 8.95. The van der Waals surface area contributed by atoms with E-state index in [4.69, 9.17) is 5.11 Å². The van der Waals surface area contributed by atoms with Gasteiger partial charge in [-0.3, -0.25) is 9.59 Å². The van der Waals surface area contributed by atoms with Gasteiger partial charge >= 0.3 is 5.97 Å². The second-order valence-electron chi connectivity index (χ2n) is 5.39. The van der Waals surface area contributed by atoms with Crippen molar-refractivity contribution in [2.45, 2.75) is 39.2 Å². The van der Waals surface area contributed by atoms with Crippen LogP contribution in [0.25, 0.3) is 0 Å². The van der Waals surface area contributed by atoms with E-state index >= 15 is 0 Å². The van der Waals surface area contributed by atoms with Gasteiger partial charge in [-0.25, -0.2) is 0 Å². The molecule has 1 fully saturated rings. The van der Waals surface area contributed by atoms with Crippen molar-refractivity contribution in [3.05, 3.63) is 34.9 Å². The molecule has 4 nitrogen and oxygen atoms in total. The van der Waals surface area contributed by atoms with Gasteiger partial charge in [-0.2, -0.15) is 0 Å². The van der Waals surface area contributed by atoms with Crippen LogP contribution >= 0.6 is 0 Å². The fraction of sp³-hybridized carbons (Fsp3) is 0.467. The van der Waals surface area contributed by atoms with Crippen LogP contribution in [0, 0.1) is 19.8 Å². The molecular weight excluding hydrogens is 242 g/mol. The van der Waals surface area contributed by atoms with E-state index in [1.54, 1.807) is 0 Å². The highest BCUT2D eigenvalue weighted by Crippen LogP contribution is 2.34. The molecule has 0 radical (unpaired) electrons. The van der Waals surface area contributed by atoms with Crippen molar-refractivity contribution in [2.75, 3.05) is 0 Å². The van der Waals surface area contributed by atoms with Gasteiger partial charge in [0.25, 0.3) is 5.91 Å². The number of hydrogen-bond donors (Lipinski definition) is 2. The highest BCUT2D eigenvalue weighted by atomic mass is 16.4. The number of carboxylic acid groups (broad SMARTS) is 1. The molecule has 19 heavy (non-hydrogen) atoms. The SMILES string of the molecule is Cc1cc(C)cc(C(=O)NC(CC(=O)O)C2CC2)c1. The molecule has 1 amide bonds. The number of hydrogen-bond acceptors (Lipinski definition) is 2. The number of aryl methyl sites for hydroxylation is 2. The Hall–Kier alpha value is -1.84. The molecule has 2 rings (SSSR count). The van der Waals surface area contributed by atoms with Crippen LogP contribution < -0.4 is 5.32 Å². The number of carbonyl (C=O) groups is 2. The number of amides is 1. The molecule has 0 aliphatic heterocycles.